The van der Waals surface area contributed by atoms with E-state index in [0.29, 0.717) is 12.8 Å². The van der Waals surface area contributed by atoms with Gasteiger partial charge in [0.1, 0.15) is 5.54 Å². The molecule has 0 saturated carbocycles. The van der Waals surface area contributed by atoms with E-state index in [1.54, 1.807) is 6.92 Å². The Labute approximate surface area is 96.4 Å². The second kappa shape index (κ2) is 6.48. The third kappa shape index (κ3) is 3.81. The summed E-state index contributed by atoms with van der Waals surface area (Å²) in [6.45, 7) is 5.43. The molecule has 0 spiro atoms. The third-order valence-electron chi connectivity index (χ3n) is 2.68. The summed E-state index contributed by atoms with van der Waals surface area (Å²) in [6.07, 6.45) is 2.47. The summed E-state index contributed by atoms with van der Waals surface area (Å²) in [5, 5.41) is 12.2. The van der Waals surface area contributed by atoms with Crippen molar-refractivity contribution in [2.75, 3.05) is 0 Å². The van der Waals surface area contributed by atoms with Crippen LogP contribution in [-0.4, -0.2) is 28.6 Å². The number of carboxylic acids is 1. The van der Waals surface area contributed by atoms with Crippen molar-refractivity contribution in [2.24, 2.45) is 5.73 Å². The molecular formula is C11H22N2O3. The molecule has 5 heteroatoms. The third-order valence-corrected chi connectivity index (χ3v) is 2.68. The van der Waals surface area contributed by atoms with Crippen LogP contribution in [0, 0.1) is 0 Å². The second-order valence-electron chi connectivity index (χ2n) is 4.16. The van der Waals surface area contributed by atoms with Gasteiger partial charge in [-0.1, -0.05) is 26.7 Å². The molecule has 4 N–H and O–H groups in total. The summed E-state index contributed by atoms with van der Waals surface area (Å²) in [5.41, 5.74) is 4.11. The van der Waals surface area contributed by atoms with Gasteiger partial charge in [-0.05, 0) is 19.8 Å². The number of hydrogen-bond acceptors (Lipinski definition) is 3. The predicted octanol–water partition coefficient (Wildman–Crippen LogP) is 0.873. The Kier molecular flexibility index (Phi) is 6.03. The SMILES string of the molecule is CCCC(CCC)(NC(C)C(N)=O)C(=O)O. The Morgan fingerprint density at radius 3 is 2.00 bits per heavy atom. The number of carbonyl (C=O) groups excluding carboxylic acids is 1. The summed E-state index contributed by atoms with van der Waals surface area (Å²) >= 11 is 0. The van der Waals surface area contributed by atoms with Crippen LogP contribution in [0.5, 0.6) is 0 Å². The van der Waals surface area contributed by atoms with E-state index in [2.05, 4.69) is 5.32 Å². The highest BCUT2D eigenvalue weighted by molar-refractivity contribution is 5.83. The Hall–Kier alpha value is -1.10. The number of hydrogen-bond donors (Lipinski definition) is 3. The van der Waals surface area contributed by atoms with Crippen LogP contribution in [-0.2, 0) is 9.59 Å². The second-order valence-corrected chi connectivity index (χ2v) is 4.16. The first-order valence-corrected chi connectivity index (χ1v) is 5.70. The molecule has 0 aliphatic carbocycles. The number of carboxylic acid groups (broad SMARTS) is 1. The van der Waals surface area contributed by atoms with Crippen molar-refractivity contribution in [3.05, 3.63) is 0 Å². The maximum absolute atomic E-state index is 11.3. The Balaban J connectivity index is 4.87. The number of nitrogens with two attached hydrogens (primary N) is 1. The molecule has 1 atom stereocenters. The van der Waals surface area contributed by atoms with Gasteiger partial charge < -0.3 is 10.8 Å². The number of amides is 1. The van der Waals surface area contributed by atoms with Crippen molar-refractivity contribution in [3.8, 4) is 0 Å². The predicted molar refractivity (Wildman–Crippen MR) is 62.0 cm³/mol. The monoisotopic (exact) mass is 230 g/mol. The first-order chi connectivity index (χ1) is 7.39. The summed E-state index contributed by atoms with van der Waals surface area (Å²) in [4.78, 5) is 22.3. The normalized spacial score (nSPS) is 13.4. The van der Waals surface area contributed by atoms with Gasteiger partial charge in [0.2, 0.25) is 5.91 Å². The van der Waals surface area contributed by atoms with Crippen LogP contribution < -0.4 is 11.1 Å². The van der Waals surface area contributed by atoms with Gasteiger partial charge in [0.15, 0.2) is 0 Å². The molecule has 0 radical (unpaired) electrons. The zero-order chi connectivity index (χ0) is 12.8. The Bertz CT molecular complexity index is 248. The first-order valence-electron chi connectivity index (χ1n) is 5.70. The number of carbonyl (C=O) groups is 2. The molecule has 0 heterocycles. The van der Waals surface area contributed by atoms with Crippen LogP contribution >= 0.6 is 0 Å². The van der Waals surface area contributed by atoms with Crippen LogP contribution in [0.15, 0.2) is 0 Å². The minimum absolute atomic E-state index is 0.494. The molecule has 1 unspecified atom stereocenters. The lowest BCUT2D eigenvalue weighted by Crippen LogP contribution is -2.58. The first kappa shape index (κ1) is 14.9. The molecule has 0 aliphatic rings. The van der Waals surface area contributed by atoms with Crippen LogP contribution in [0.3, 0.4) is 0 Å². The quantitative estimate of drug-likeness (QED) is 0.577. The van der Waals surface area contributed by atoms with E-state index < -0.39 is 23.5 Å². The summed E-state index contributed by atoms with van der Waals surface area (Å²) in [6, 6.07) is -0.630. The van der Waals surface area contributed by atoms with E-state index in [9.17, 15) is 14.7 Å². The Morgan fingerprint density at radius 2 is 1.75 bits per heavy atom. The van der Waals surface area contributed by atoms with Crippen LogP contribution in [0.4, 0.5) is 0 Å². The van der Waals surface area contributed by atoms with Crippen molar-refractivity contribution < 1.29 is 14.7 Å². The molecule has 1 amide bonds. The van der Waals surface area contributed by atoms with E-state index in [4.69, 9.17) is 5.73 Å². The maximum atomic E-state index is 11.3. The Morgan fingerprint density at radius 1 is 1.31 bits per heavy atom. The lowest BCUT2D eigenvalue weighted by molar-refractivity contribution is -0.146. The van der Waals surface area contributed by atoms with E-state index in [-0.39, 0.29) is 0 Å². The van der Waals surface area contributed by atoms with E-state index in [1.165, 1.54) is 0 Å². The average Bonchev–Trinajstić information content (AvgIpc) is 2.17. The fourth-order valence-electron chi connectivity index (χ4n) is 1.88. The molecule has 0 aromatic rings. The van der Waals surface area contributed by atoms with Gasteiger partial charge in [-0.15, -0.1) is 0 Å². The lowest BCUT2D eigenvalue weighted by atomic mass is 9.88. The average molecular weight is 230 g/mol. The lowest BCUT2D eigenvalue weighted by Gasteiger charge is -2.32. The van der Waals surface area contributed by atoms with Gasteiger partial charge in [-0.3, -0.25) is 14.9 Å². The van der Waals surface area contributed by atoms with Crippen molar-refractivity contribution in [3.63, 3.8) is 0 Å². The molecule has 0 aromatic heterocycles. The molecule has 5 nitrogen and oxygen atoms in total. The topological polar surface area (TPSA) is 92.4 Å². The molecule has 0 rings (SSSR count). The zero-order valence-corrected chi connectivity index (χ0v) is 10.2. The fraction of sp³-hybridized carbons (Fsp3) is 0.818. The largest absolute Gasteiger partial charge is 0.480 e. The van der Waals surface area contributed by atoms with Crippen molar-refractivity contribution in [2.45, 2.75) is 58.0 Å². The minimum Gasteiger partial charge on any atom is -0.480 e. The van der Waals surface area contributed by atoms with Gasteiger partial charge in [0.05, 0.1) is 6.04 Å². The van der Waals surface area contributed by atoms with Gasteiger partial charge >= 0.3 is 5.97 Å². The number of aliphatic carboxylic acids is 1. The molecule has 16 heavy (non-hydrogen) atoms. The summed E-state index contributed by atoms with van der Waals surface area (Å²) in [5.74, 6) is -1.44. The van der Waals surface area contributed by atoms with E-state index in [0.717, 1.165) is 12.8 Å². The van der Waals surface area contributed by atoms with Crippen LogP contribution in [0.1, 0.15) is 46.5 Å². The number of rotatable bonds is 8. The number of primary amides is 1. The fourth-order valence-corrected chi connectivity index (χ4v) is 1.88. The molecule has 0 aromatic carbocycles. The highest BCUT2D eigenvalue weighted by atomic mass is 16.4. The smallest absolute Gasteiger partial charge is 0.323 e. The van der Waals surface area contributed by atoms with Gasteiger partial charge in [-0.2, -0.15) is 0 Å². The molecule has 0 bridgehead atoms. The van der Waals surface area contributed by atoms with E-state index in [1.807, 2.05) is 13.8 Å². The molecule has 0 saturated heterocycles. The number of nitrogens with one attached hydrogen (secondary N) is 1. The van der Waals surface area contributed by atoms with Crippen molar-refractivity contribution in [1.29, 1.82) is 0 Å². The highest BCUT2D eigenvalue weighted by Gasteiger charge is 2.38. The van der Waals surface area contributed by atoms with Crippen LogP contribution in [0.25, 0.3) is 0 Å². The maximum Gasteiger partial charge on any atom is 0.323 e. The standard InChI is InChI=1S/C11H22N2O3/c1-4-6-11(7-5-2,10(15)16)13-8(3)9(12)14/h8,13H,4-7H2,1-3H3,(H2,12,14)(H,15,16). The highest BCUT2D eigenvalue weighted by Crippen LogP contribution is 2.21. The minimum atomic E-state index is -1.03. The molecular weight excluding hydrogens is 208 g/mol. The van der Waals surface area contributed by atoms with Gasteiger partial charge in [0.25, 0.3) is 0 Å². The molecule has 94 valence electrons. The van der Waals surface area contributed by atoms with Crippen molar-refractivity contribution in [1.82, 2.24) is 5.32 Å². The van der Waals surface area contributed by atoms with Gasteiger partial charge in [-0.25, -0.2) is 0 Å². The zero-order valence-electron chi connectivity index (χ0n) is 10.2. The van der Waals surface area contributed by atoms with Crippen LogP contribution in [0.2, 0.25) is 0 Å². The van der Waals surface area contributed by atoms with E-state index >= 15 is 0 Å². The molecule has 0 aliphatic heterocycles. The summed E-state index contributed by atoms with van der Waals surface area (Å²) < 4.78 is 0. The summed E-state index contributed by atoms with van der Waals surface area (Å²) in [7, 11) is 0. The van der Waals surface area contributed by atoms with Gasteiger partial charge in [0, 0.05) is 0 Å². The molecule has 0 fully saturated rings. The van der Waals surface area contributed by atoms with Crippen molar-refractivity contribution >= 4 is 11.9 Å².